The number of amides is 2. The van der Waals surface area contributed by atoms with Crippen molar-refractivity contribution in [3.8, 4) is 0 Å². The minimum absolute atomic E-state index is 0.101. The van der Waals surface area contributed by atoms with Crippen molar-refractivity contribution in [1.82, 2.24) is 0 Å². The molecule has 7 rings (SSSR count). The maximum atomic E-state index is 14.0. The van der Waals surface area contributed by atoms with Crippen molar-refractivity contribution in [2.45, 2.75) is 18.3 Å². The molecule has 2 amide bonds. The van der Waals surface area contributed by atoms with Crippen LogP contribution in [-0.4, -0.2) is 17.6 Å². The van der Waals surface area contributed by atoms with Crippen LogP contribution in [0.3, 0.4) is 0 Å². The second-order valence-corrected chi connectivity index (χ2v) is 9.34. The lowest BCUT2D eigenvalue weighted by Gasteiger charge is -2.52. The zero-order valence-corrected chi connectivity index (χ0v) is 18.3. The molecule has 3 aromatic rings. The van der Waals surface area contributed by atoms with Crippen LogP contribution in [0, 0.1) is 11.8 Å². The topological polar surface area (TPSA) is 54.5 Å². The molecular formula is C26H18BrNO3. The Bertz CT molecular complexity index is 1270. The van der Waals surface area contributed by atoms with Crippen molar-refractivity contribution in [1.29, 1.82) is 0 Å². The molecule has 2 bridgehead atoms. The van der Waals surface area contributed by atoms with Crippen LogP contribution in [0.25, 0.3) is 0 Å². The summed E-state index contributed by atoms with van der Waals surface area (Å²) in [5.74, 6) is -2.24. The summed E-state index contributed by atoms with van der Waals surface area (Å²) in [4.78, 5) is 42.6. The van der Waals surface area contributed by atoms with Crippen LogP contribution in [0.15, 0.2) is 77.3 Å². The van der Waals surface area contributed by atoms with Crippen molar-refractivity contribution in [3.63, 3.8) is 0 Å². The molecule has 2 atom stereocenters. The highest BCUT2D eigenvalue weighted by Gasteiger charge is 2.70. The number of nitrogens with zero attached hydrogens (tertiary/aromatic N) is 1. The molecule has 3 aliphatic carbocycles. The summed E-state index contributed by atoms with van der Waals surface area (Å²) in [6.45, 7) is 1.55. The Morgan fingerprint density at radius 2 is 1.39 bits per heavy atom. The number of carbonyl (C=O) groups is 3. The molecule has 0 radical (unpaired) electrons. The first-order chi connectivity index (χ1) is 15.0. The number of rotatable bonds is 2. The van der Waals surface area contributed by atoms with Crippen LogP contribution < -0.4 is 4.90 Å². The van der Waals surface area contributed by atoms with Crippen molar-refractivity contribution in [2.75, 3.05) is 4.90 Å². The Hall–Kier alpha value is -3.05. The molecule has 0 spiro atoms. The quantitative estimate of drug-likeness (QED) is 0.513. The maximum absolute atomic E-state index is 14.0. The average molecular weight is 472 g/mol. The van der Waals surface area contributed by atoms with E-state index in [1.807, 2.05) is 66.7 Å². The van der Waals surface area contributed by atoms with E-state index >= 15 is 0 Å². The lowest BCUT2D eigenvalue weighted by atomic mass is 9.46. The van der Waals surface area contributed by atoms with Gasteiger partial charge in [-0.15, -0.1) is 0 Å². The number of Topliss-reactive ketones (excluding diaryl/α,β-unsaturated/α-hetero) is 1. The summed E-state index contributed by atoms with van der Waals surface area (Å²) >= 11 is 3.49. The molecular weight excluding hydrogens is 454 g/mol. The minimum Gasteiger partial charge on any atom is -0.299 e. The maximum Gasteiger partial charge on any atom is 0.239 e. The molecule has 1 aliphatic heterocycles. The molecule has 31 heavy (non-hydrogen) atoms. The highest BCUT2D eigenvalue weighted by Crippen LogP contribution is 2.64. The van der Waals surface area contributed by atoms with E-state index in [2.05, 4.69) is 15.9 Å². The lowest BCUT2D eigenvalue weighted by molar-refractivity contribution is -0.132. The van der Waals surface area contributed by atoms with Gasteiger partial charge >= 0.3 is 0 Å². The monoisotopic (exact) mass is 471 g/mol. The Balaban J connectivity index is 1.69. The molecule has 0 saturated carbocycles. The molecule has 4 nitrogen and oxygen atoms in total. The second-order valence-electron chi connectivity index (χ2n) is 8.48. The largest absolute Gasteiger partial charge is 0.299 e. The van der Waals surface area contributed by atoms with E-state index in [4.69, 9.17) is 0 Å². The zero-order valence-electron chi connectivity index (χ0n) is 16.7. The predicted molar refractivity (Wildman–Crippen MR) is 120 cm³/mol. The lowest BCUT2D eigenvalue weighted by Crippen LogP contribution is -2.57. The van der Waals surface area contributed by atoms with Gasteiger partial charge in [0, 0.05) is 10.4 Å². The van der Waals surface area contributed by atoms with E-state index in [1.54, 1.807) is 13.0 Å². The molecule has 4 aliphatic rings. The smallest absolute Gasteiger partial charge is 0.239 e. The highest BCUT2D eigenvalue weighted by molar-refractivity contribution is 9.10. The fraction of sp³-hybridized carbons (Fsp3) is 0.192. The van der Waals surface area contributed by atoms with E-state index in [9.17, 15) is 14.4 Å². The third-order valence-corrected chi connectivity index (χ3v) is 7.94. The van der Waals surface area contributed by atoms with Crippen LogP contribution in [0.2, 0.25) is 0 Å². The van der Waals surface area contributed by atoms with Crippen molar-refractivity contribution in [3.05, 3.63) is 99.5 Å². The summed E-state index contributed by atoms with van der Waals surface area (Å²) in [7, 11) is 0. The molecule has 5 heteroatoms. The van der Waals surface area contributed by atoms with Gasteiger partial charge in [0.25, 0.3) is 0 Å². The number of para-hydroxylation sites is 1. The molecule has 0 aromatic heterocycles. The van der Waals surface area contributed by atoms with Gasteiger partial charge in [0.05, 0.1) is 22.9 Å². The number of ketones is 1. The minimum atomic E-state index is -1.16. The number of imide groups is 1. The van der Waals surface area contributed by atoms with Crippen LogP contribution in [0.1, 0.15) is 35.1 Å². The normalized spacial score (nSPS) is 27.7. The summed E-state index contributed by atoms with van der Waals surface area (Å²) < 4.78 is 0.676. The van der Waals surface area contributed by atoms with Gasteiger partial charge in [-0.3, -0.25) is 14.4 Å². The van der Waals surface area contributed by atoms with Gasteiger partial charge in [-0.2, -0.15) is 0 Å². The highest BCUT2D eigenvalue weighted by atomic mass is 79.9. The molecule has 1 saturated heterocycles. The van der Waals surface area contributed by atoms with E-state index in [-0.39, 0.29) is 23.5 Å². The van der Waals surface area contributed by atoms with Crippen molar-refractivity contribution < 1.29 is 14.4 Å². The van der Waals surface area contributed by atoms with Gasteiger partial charge < -0.3 is 0 Å². The Kier molecular flexibility index (Phi) is 3.76. The van der Waals surface area contributed by atoms with Gasteiger partial charge in [-0.25, -0.2) is 4.90 Å². The number of carbonyl (C=O) groups excluding carboxylic acids is 3. The van der Waals surface area contributed by atoms with Gasteiger partial charge in [0.1, 0.15) is 5.78 Å². The van der Waals surface area contributed by atoms with E-state index in [0.29, 0.717) is 10.2 Å². The van der Waals surface area contributed by atoms with E-state index in [0.717, 1.165) is 22.3 Å². The Labute approximate surface area is 188 Å². The summed E-state index contributed by atoms with van der Waals surface area (Å²) in [5.41, 5.74) is 3.05. The van der Waals surface area contributed by atoms with Gasteiger partial charge in [-0.1, -0.05) is 60.7 Å². The number of anilines is 1. The average Bonchev–Trinajstić information content (AvgIpc) is 3.05. The molecule has 152 valence electrons. The molecule has 0 N–H and O–H groups in total. The van der Waals surface area contributed by atoms with Gasteiger partial charge in [0.2, 0.25) is 11.8 Å². The SMILES string of the molecule is CC(=O)C12c3ccccc3C(c3ccccc31)[C@@H]1C(=O)N(c3ccccc3Br)C(=O)[C@H]12. The van der Waals surface area contributed by atoms with Gasteiger partial charge in [0.15, 0.2) is 0 Å². The molecule has 1 fully saturated rings. The number of hydrogen-bond donors (Lipinski definition) is 0. The first-order valence-corrected chi connectivity index (χ1v) is 11.1. The van der Waals surface area contributed by atoms with Crippen LogP contribution in [-0.2, 0) is 19.8 Å². The van der Waals surface area contributed by atoms with E-state index < -0.39 is 17.3 Å². The third kappa shape index (κ3) is 2.07. The Morgan fingerprint density at radius 1 is 0.839 bits per heavy atom. The van der Waals surface area contributed by atoms with Crippen LogP contribution in [0.5, 0.6) is 0 Å². The number of halogens is 1. The molecule has 0 unspecified atom stereocenters. The fourth-order valence-electron chi connectivity index (χ4n) is 6.24. The second kappa shape index (κ2) is 6.24. The van der Waals surface area contributed by atoms with Crippen molar-refractivity contribution >= 4 is 39.2 Å². The summed E-state index contributed by atoms with van der Waals surface area (Å²) in [6, 6.07) is 22.9. The number of hydrogen-bond acceptors (Lipinski definition) is 3. The standard InChI is InChI=1S/C26H18BrNO3/c1-14(29)26-17-10-4-2-8-15(17)21(16-9-3-5-11-18(16)26)22-23(26)25(31)28(24(22)30)20-13-7-6-12-19(20)27/h2-13,21-23H,1H3/t21?,22-,23-,26?/m0/s1. The molecule has 3 aromatic carbocycles. The van der Waals surface area contributed by atoms with E-state index in [1.165, 1.54) is 4.90 Å². The zero-order chi connectivity index (χ0) is 21.5. The first-order valence-electron chi connectivity index (χ1n) is 10.3. The third-order valence-electron chi connectivity index (χ3n) is 7.27. The van der Waals surface area contributed by atoms with Crippen LogP contribution in [0.4, 0.5) is 5.69 Å². The summed E-state index contributed by atoms with van der Waals surface area (Å²) in [6.07, 6.45) is 0. The predicted octanol–water partition coefficient (Wildman–Crippen LogP) is 4.59. The number of benzene rings is 3. The fourth-order valence-corrected chi connectivity index (χ4v) is 6.70. The summed E-state index contributed by atoms with van der Waals surface area (Å²) in [5, 5.41) is 0. The van der Waals surface area contributed by atoms with Crippen LogP contribution >= 0.6 is 15.9 Å². The molecule has 1 heterocycles. The van der Waals surface area contributed by atoms with Crippen molar-refractivity contribution in [2.24, 2.45) is 11.8 Å². The Morgan fingerprint density at radius 3 is 1.97 bits per heavy atom. The van der Waals surface area contributed by atoms with Gasteiger partial charge in [-0.05, 0) is 57.2 Å². The first kappa shape index (κ1) is 18.7.